The molecule has 0 bridgehead atoms. The molecule has 94 valence electrons. The van der Waals surface area contributed by atoms with Gasteiger partial charge in [-0.25, -0.2) is 4.68 Å². The van der Waals surface area contributed by atoms with Crippen LogP contribution in [0.5, 0.6) is 0 Å². The monoisotopic (exact) mass is 239 g/mol. The molecule has 1 fully saturated rings. The van der Waals surface area contributed by atoms with E-state index in [-0.39, 0.29) is 16.7 Å². The van der Waals surface area contributed by atoms with Crippen molar-refractivity contribution in [2.24, 2.45) is 7.05 Å². The second-order valence-corrected chi connectivity index (χ2v) is 4.38. The van der Waals surface area contributed by atoms with Gasteiger partial charge in [-0.3, -0.25) is 10.1 Å². The Balaban J connectivity index is 2.46. The van der Waals surface area contributed by atoms with Crippen LogP contribution in [-0.4, -0.2) is 40.4 Å². The predicted molar refractivity (Wildman–Crippen MR) is 64.3 cm³/mol. The molecular weight excluding hydrogens is 222 g/mol. The summed E-state index contributed by atoms with van der Waals surface area (Å²) in [5, 5.41) is 18.5. The third-order valence-corrected chi connectivity index (χ3v) is 3.12. The standard InChI is InChI=1S/C10H17N5O2/c1-7-6-11-4-5-14(7)10-9(15(16)17)8(2)12-13(10)3/h7,11H,4-6H2,1-3H3. The molecule has 1 atom stereocenters. The van der Waals surface area contributed by atoms with Crippen molar-refractivity contribution in [1.82, 2.24) is 15.1 Å². The highest BCUT2D eigenvalue weighted by Gasteiger charge is 2.31. The summed E-state index contributed by atoms with van der Waals surface area (Å²) in [7, 11) is 1.75. The molecule has 7 nitrogen and oxygen atoms in total. The van der Waals surface area contributed by atoms with Crippen LogP contribution in [0.3, 0.4) is 0 Å². The van der Waals surface area contributed by atoms with Gasteiger partial charge in [0.25, 0.3) is 0 Å². The molecular formula is C10H17N5O2. The molecule has 0 aliphatic carbocycles. The van der Waals surface area contributed by atoms with Crippen molar-refractivity contribution >= 4 is 11.5 Å². The van der Waals surface area contributed by atoms with Gasteiger partial charge in [-0.05, 0) is 13.8 Å². The Morgan fingerprint density at radius 2 is 2.29 bits per heavy atom. The number of aryl methyl sites for hydroxylation is 2. The summed E-state index contributed by atoms with van der Waals surface area (Å²) in [6.07, 6.45) is 0. The van der Waals surface area contributed by atoms with Crippen LogP contribution in [0.2, 0.25) is 0 Å². The Morgan fingerprint density at radius 1 is 1.59 bits per heavy atom. The van der Waals surface area contributed by atoms with Crippen LogP contribution in [0.15, 0.2) is 0 Å². The van der Waals surface area contributed by atoms with Gasteiger partial charge in [0.1, 0.15) is 5.69 Å². The minimum atomic E-state index is -0.341. The third-order valence-electron chi connectivity index (χ3n) is 3.12. The summed E-state index contributed by atoms with van der Waals surface area (Å²) < 4.78 is 1.61. The smallest absolute Gasteiger partial charge is 0.333 e. The van der Waals surface area contributed by atoms with Crippen molar-refractivity contribution in [1.29, 1.82) is 0 Å². The number of rotatable bonds is 2. The average molecular weight is 239 g/mol. The van der Waals surface area contributed by atoms with E-state index in [0.717, 1.165) is 19.6 Å². The second kappa shape index (κ2) is 4.33. The lowest BCUT2D eigenvalue weighted by atomic mass is 10.2. The van der Waals surface area contributed by atoms with Gasteiger partial charge >= 0.3 is 5.69 Å². The summed E-state index contributed by atoms with van der Waals surface area (Å²) in [4.78, 5) is 12.8. The van der Waals surface area contributed by atoms with Crippen LogP contribution in [-0.2, 0) is 7.05 Å². The highest BCUT2D eigenvalue weighted by Crippen LogP contribution is 2.32. The van der Waals surface area contributed by atoms with Gasteiger partial charge in [-0.2, -0.15) is 5.10 Å². The summed E-state index contributed by atoms with van der Waals surface area (Å²) >= 11 is 0. The van der Waals surface area contributed by atoms with Crippen molar-refractivity contribution in [3.8, 4) is 0 Å². The number of hydrogen-bond acceptors (Lipinski definition) is 5. The number of hydrogen-bond donors (Lipinski definition) is 1. The lowest BCUT2D eigenvalue weighted by Gasteiger charge is -2.34. The molecule has 2 heterocycles. The molecule has 7 heteroatoms. The van der Waals surface area contributed by atoms with Crippen molar-refractivity contribution in [3.05, 3.63) is 15.8 Å². The zero-order chi connectivity index (χ0) is 12.6. The van der Waals surface area contributed by atoms with E-state index in [2.05, 4.69) is 22.2 Å². The van der Waals surface area contributed by atoms with E-state index in [1.165, 1.54) is 0 Å². The minimum Gasteiger partial charge on any atom is -0.346 e. The molecule has 17 heavy (non-hydrogen) atoms. The lowest BCUT2D eigenvalue weighted by Crippen LogP contribution is -2.50. The first-order valence-electron chi connectivity index (χ1n) is 5.67. The molecule has 1 aromatic rings. The molecule has 0 saturated carbocycles. The SMILES string of the molecule is Cc1nn(C)c(N2CCNCC2C)c1[N+](=O)[O-]. The molecule has 0 amide bonds. The van der Waals surface area contributed by atoms with E-state index in [0.29, 0.717) is 11.5 Å². The molecule has 0 spiro atoms. The van der Waals surface area contributed by atoms with E-state index in [9.17, 15) is 10.1 Å². The number of piperazine rings is 1. The number of nitro groups is 1. The summed E-state index contributed by atoms with van der Waals surface area (Å²) in [5.74, 6) is 0.613. The van der Waals surface area contributed by atoms with Gasteiger partial charge in [0.2, 0.25) is 5.82 Å². The van der Waals surface area contributed by atoms with Gasteiger partial charge in [-0.1, -0.05) is 0 Å². The maximum atomic E-state index is 11.1. The van der Waals surface area contributed by atoms with E-state index >= 15 is 0 Å². The van der Waals surface area contributed by atoms with Crippen molar-refractivity contribution in [2.45, 2.75) is 19.9 Å². The molecule has 1 unspecified atom stereocenters. The van der Waals surface area contributed by atoms with Crippen LogP contribution < -0.4 is 10.2 Å². The summed E-state index contributed by atoms with van der Waals surface area (Å²) in [6, 6.07) is 0.234. The fraction of sp³-hybridized carbons (Fsp3) is 0.700. The van der Waals surface area contributed by atoms with Gasteiger partial charge < -0.3 is 10.2 Å². The summed E-state index contributed by atoms with van der Waals surface area (Å²) in [5.41, 5.74) is 0.597. The van der Waals surface area contributed by atoms with Crippen molar-refractivity contribution in [3.63, 3.8) is 0 Å². The molecule has 1 saturated heterocycles. The van der Waals surface area contributed by atoms with Crippen LogP contribution >= 0.6 is 0 Å². The van der Waals surface area contributed by atoms with Crippen LogP contribution in [0.4, 0.5) is 11.5 Å². The highest BCUT2D eigenvalue weighted by molar-refractivity contribution is 5.62. The van der Waals surface area contributed by atoms with Crippen LogP contribution in [0.1, 0.15) is 12.6 Å². The Hall–Kier alpha value is -1.63. The Labute approximate surface area is 99.6 Å². The zero-order valence-electron chi connectivity index (χ0n) is 10.3. The van der Waals surface area contributed by atoms with E-state index < -0.39 is 0 Å². The Bertz CT molecular complexity index is 442. The van der Waals surface area contributed by atoms with Crippen molar-refractivity contribution in [2.75, 3.05) is 24.5 Å². The molecule has 0 radical (unpaired) electrons. The fourth-order valence-electron chi connectivity index (χ4n) is 2.33. The fourth-order valence-corrected chi connectivity index (χ4v) is 2.33. The molecule has 1 aromatic heterocycles. The number of anilines is 1. The number of aromatic nitrogens is 2. The topological polar surface area (TPSA) is 76.2 Å². The first-order valence-corrected chi connectivity index (χ1v) is 5.67. The minimum absolute atomic E-state index is 0.126. The highest BCUT2D eigenvalue weighted by atomic mass is 16.6. The maximum absolute atomic E-state index is 11.1. The first-order chi connectivity index (χ1) is 8.02. The molecule has 0 aromatic carbocycles. The van der Waals surface area contributed by atoms with Crippen LogP contribution in [0, 0.1) is 17.0 Å². The van der Waals surface area contributed by atoms with E-state index in [1.54, 1.807) is 18.7 Å². The zero-order valence-corrected chi connectivity index (χ0v) is 10.3. The second-order valence-electron chi connectivity index (χ2n) is 4.38. The molecule has 1 N–H and O–H groups in total. The molecule has 1 aliphatic heterocycles. The largest absolute Gasteiger partial charge is 0.346 e. The first kappa shape index (κ1) is 11.8. The van der Waals surface area contributed by atoms with Gasteiger partial charge in [-0.15, -0.1) is 0 Å². The van der Waals surface area contributed by atoms with E-state index in [1.807, 2.05) is 0 Å². The average Bonchev–Trinajstić information content (AvgIpc) is 2.54. The predicted octanol–water partition coefficient (Wildman–Crippen LogP) is 0.435. The Kier molecular flexibility index (Phi) is 3.01. The third kappa shape index (κ3) is 1.97. The normalized spacial score (nSPS) is 20.6. The number of nitrogens with one attached hydrogen (secondary N) is 1. The molecule has 2 rings (SSSR count). The van der Waals surface area contributed by atoms with Gasteiger partial charge in [0.05, 0.1) is 4.92 Å². The maximum Gasteiger partial charge on any atom is 0.333 e. The van der Waals surface area contributed by atoms with Gasteiger partial charge in [0, 0.05) is 32.7 Å². The quantitative estimate of drug-likeness (QED) is 0.598. The van der Waals surface area contributed by atoms with Crippen molar-refractivity contribution < 1.29 is 4.92 Å². The van der Waals surface area contributed by atoms with Crippen LogP contribution in [0.25, 0.3) is 0 Å². The lowest BCUT2D eigenvalue weighted by molar-refractivity contribution is -0.384. The van der Waals surface area contributed by atoms with Gasteiger partial charge in [0.15, 0.2) is 0 Å². The molecule has 1 aliphatic rings. The summed E-state index contributed by atoms with van der Waals surface area (Å²) in [6.45, 7) is 6.17. The van der Waals surface area contributed by atoms with E-state index in [4.69, 9.17) is 0 Å². The number of nitrogens with zero attached hydrogens (tertiary/aromatic N) is 4. The Morgan fingerprint density at radius 3 is 2.88 bits per heavy atom.